The number of likely N-dealkylation sites (N-methyl/N-ethyl adjacent to an activating group) is 1. The van der Waals surface area contributed by atoms with Crippen molar-refractivity contribution in [1.29, 1.82) is 0 Å². The smallest absolute Gasteiger partial charge is 0.0361 e. The van der Waals surface area contributed by atoms with E-state index in [-0.39, 0.29) is 0 Å². The molecule has 0 unspecified atom stereocenters. The molecular weight excluding hydrogens is 234 g/mol. The first kappa shape index (κ1) is 16.0. The second kappa shape index (κ2) is 8.18. The molecule has 0 radical (unpaired) electrons. The van der Waals surface area contributed by atoms with Crippen molar-refractivity contribution < 1.29 is 0 Å². The van der Waals surface area contributed by atoms with E-state index in [4.69, 9.17) is 0 Å². The standard InChI is InChI=1S/C16H29N3/c1-14(2)12-17-10-11-19(5)13-15-6-8-16(9-7-15)18(3)4/h6-9,14,17H,10-13H2,1-5H3. The lowest BCUT2D eigenvalue weighted by Crippen LogP contribution is -2.30. The van der Waals surface area contributed by atoms with Gasteiger partial charge in [-0.25, -0.2) is 0 Å². The predicted octanol–water partition coefficient (Wildman–Crippen LogP) is 2.43. The van der Waals surface area contributed by atoms with Crippen LogP contribution in [0.3, 0.4) is 0 Å². The Morgan fingerprint density at radius 1 is 1.05 bits per heavy atom. The maximum Gasteiger partial charge on any atom is 0.0361 e. The fraction of sp³-hybridized carbons (Fsp3) is 0.625. The van der Waals surface area contributed by atoms with Gasteiger partial charge in [0.1, 0.15) is 0 Å². The van der Waals surface area contributed by atoms with Crippen molar-refractivity contribution in [2.24, 2.45) is 5.92 Å². The molecule has 0 saturated heterocycles. The maximum absolute atomic E-state index is 3.48. The SMILES string of the molecule is CC(C)CNCCN(C)Cc1ccc(N(C)C)cc1. The normalized spacial score (nSPS) is 11.3. The van der Waals surface area contributed by atoms with Crippen LogP contribution in [0.2, 0.25) is 0 Å². The Balaban J connectivity index is 2.29. The van der Waals surface area contributed by atoms with Crippen LogP contribution < -0.4 is 10.2 Å². The van der Waals surface area contributed by atoms with Gasteiger partial charge in [0.25, 0.3) is 0 Å². The van der Waals surface area contributed by atoms with Gasteiger partial charge in [0, 0.05) is 39.4 Å². The van der Waals surface area contributed by atoms with E-state index in [1.807, 2.05) is 0 Å². The third-order valence-electron chi connectivity index (χ3n) is 3.13. The molecule has 1 N–H and O–H groups in total. The first-order valence-corrected chi connectivity index (χ1v) is 7.14. The van der Waals surface area contributed by atoms with E-state index >= 15 is 0 Å². The topological polar surface area (TPSA) is 18.5 Å². The zero-order chi connectivity index (χ0) is 14.3. The van der Waals surface area contributed by atoms with Gasteiger partial charge in [-0.2, -0.15) is 0 Å². The molecule has 108 valence electrons. The van der Waals surface area contributed by atoms with Crippen LogP contribution in [0.25, 0.3) is 0 Å². The Morgan fingerprint density at radius 2 is 1.68 bits per heavy atom. The van der Waals surface area contributed by atoms with Gasteiger partial charge in [0.15, 0.2) is 0 Å². The van der Waals surface area contributed by atoms with Crippen LogP contribution in [-0.4, -0.2) is 45.7 Å². The summed E-state index contributed by atoms with van der Waals surface area (Å²) in [6.45, 7) is 8.74. The van der Waals surface area contributed by atoms with Crippen molar-refractivity contribution in [3.8, 4) is 0 Å². The van der Waals surface area contributed by atoms with Crippen molar-refractivity contribution in [2.75, 3.05) is 45.7 Å². The van der Waals surface area contributed by atoms with Crippen LogP contribution in [0.15, 0.2) is 24.3 Å². The summed E-state index contributed by atoms with van der Waals surface area (Å²) in [5.41, 5.74) is 2.63. The molecule has 1 aromatic rings. The Bertz CT molecular complexity index is 344. The summed E-state index contributed by atoms with van der Waals surface area (Å²) in [4.78, 5) is 4.49. The number of anilines is 1. The summed E-state index contributed by atoms with van der Waals surface area (Å²) in [7, 11) is 6.32. The molecular formula is C16H29N3. The highest BCUT2D eigenvalue weighted by Crippen LogP contribution is 2.13. The molecule has 0 atom stereocenters. The summed E-state index contributed by atoms with van der Waals surface area (Å²) in [5, 5.41) is 3.48. The van der Waals surface area contributed by atoms with E-state index in [0.717, 1.165) is 32.1 Å². The van der Waals surface area contributed by atoms with Crippen LogP contribution in [0.1, 0.15) is 19.4 Å². The maximum atomic E-state index is 3.48. The lowest BCUT2D eigenvalue weighted by Gasteiger charge is -2.18. The first-order chi connectivity index (χ1) is 8.99. The van der Waals surface area contributed by atoms with Gasteiger partial charge in [-0.15, -0.1) is 0 Å². The second-order valence-corrected chi connectivity index (χ2v) is 5.90. The minimum atomic E-state index is 0.726. The van der Waals surface area contributed by atoms with Gasteiger partial charge in [-0.3, -0.25) is 0 Å². The van der Waals surface area contributed by atoms with Gasteiger partial charge in [0.2, 0.25) is 0 Å². The van der Waals surface area contributed by atoms with E-state index in [1.165, 1.54) is 11.3 Å². The van der Waals surface area contributed by atoms with Crippen LogP contribution in [0, 0.1) is 5.92 Å². The van der Waals surface area contributed by atoms with Gasteiger partial charge < -0.3 is 15.1 Å². The number of benzene rings is 1. The average Bonchev–Trinajstić information content (AvgIpc) is 2.35. The summed E-state index contributed by atoms with van der Waals surface area (Å²) >= 11 is 0. The quantitative estimate of drug-likeness (QED) is 0.727. The largest absolute Gasteiger partial charge is 0.378 e. The highest BCUT2D eigenvalue weighted by molar-refractivity contribution is 5.45. The minimum absolute atomic E-state index is 0.726. The van der Waals surface area contributed by atoms with Crippen molar-refractivity contribution in [1.82, 2.24) is 10.2 Å². The molecule has 0 amide bonds. The summed E-state index contributed by atoms with van der Waals surface area (Å²) in [6, 6.07) is 8.79. The average molecular weight is 263 g/mol. The van der Waals surface area contributed by atoms with E-state index in [2.05, 4.69) is 74.4 Å². The highest BCUT2D eigenvalue weighted by Gasteiger charge is 2.01. The van der Waals surface area contributed by atoms with Gasteiger partial charge in [-0.05, 0) is 37.2 Å². The van der Waals surface area contributed by atoms with E-state index in [1.54, 1.807) is 0 Å². The van der Waals surface area contributed by atoms with Crippen molar-refractivity contribution in [2.45, 2.75) is 20.4 Å². The van der Waals surface area contributed by atoms with E-state index in [9.17, 15) is 0 Å². The number of nitrogens with zero attached hydrogens (tertiary/aromatic N) is 2. The molecule has 0 aromatic heterocycles. The number of hydrogen-bond acceptors (Lipinski definition) is 3. The molecule has 0 spiro atoms. The van der Waals surface area contributed by atoms with Crippen LogP contribution in [-0.2, 0) is 6.54 Å². The molecule has 0 heterocycles. The Kier molecular flexibility index (Phi) is 6.89. The monoisotopic (exact) mass is 263 g/mol. The number of hydrogen-bond donors (Lipinski definition) is 1. The van der Waals surface area contributed by atoms with Gasteiger partial charge in [0.05, 0.1) is 0 Å². The van der Waals surface area contributed by atoms with Crippen LogP contribution in [0.5, 0.6) is 0 Å². The molecule has 0 saturated carbocycles. The molecule has 1 rings (SSSR count). The highest BCUT2D eigenvalue weighted by atomic mass is 15.1. The lowest BCUT2D eigenvalue weighted by atomic mass is 10.2. The third kappa shape index (κ3) is 6.60. The Morgan fingerprint density at radius 3 is 2.21 bits per heavy atom. The van der Waals surface area contributed by atoms with Gasteiger partial charge >= 0.3 is 0 Å². The van der Waals surface area contributed by atoms with Crippen LogP contribution in [0.4, 0.5) is 5.69 Å². The molecule has 19 heavy (non-hydrogen) atoms. The first-order valence-electron chi connectivity index (χ1n) is 7.14. The molecule has 0 aliphatic carbocycles. The van der Waals surface area contributed by atoms with Crippen molar-refractivity contribution in [3.63, 3.8) is 0 Å². The molecule has 0 fully saturated rings. The second-order valence-electron chi connectivity index (χ2n) is 5.90. The molecule has 3 heteroatoms. The fourth-order valence-corrected chi connectivity index (χ4v) is 1.95. The molecule has 1 aromatic carbocycles. The predicted molar refractivity (Wildman–Crippen MR) is 84.8 cm³/mol. The van der Waals surface area contributed by atoms with E-state index < -0.39 is 0 Å². The Hall–Kier alpha value is -1.06. The Labute approximate surface area is 118 Å². The molecule has 3 nitrogen and oxygen atoms in total. The summed E-state index contributed by atoms with van der Waals surface area (Å²) < 4.78 is 0. The molecule has 0 aliphatic rings. The fourth-order valence-electron chi connectivity index (χ4n) is 1.95. The van der Waals surface area contributed by atoms with Gasteiger partial charge in [-0.1, -0.05) is 26.0 Å². The summed E-state index contributed by atoms with van der Waals surface area (Å²) in [5.74, 6) is 0.726. The number of rotatable bonds is 8. The summed E-state index contributed by atoms with van der Waals surface area (Å²) in [6.07, 6.45) is 0. The minimum Gasteiger partial charge on any atom is -0.378 e. The van der Waals surface area contributed by atoms with Crippen molar-refractivity contribution in [3.05, 3.63) is 29.8 Å². The van der Waals surface area contributed by atoms with E-state index in [0.29, 0.717) is 0 Å². The lowest BCUT2D eigenvalue weighted by molar-refractivity contribution is 0.321. The zero-order valence-corrected chi connectivity index (χ0v) is 13.1. The molecule has 0 aliphatic heterocycles. The third-order valence-corrected chi connectivity index (χ3v) is 3.13. The van der Waals surface area contributed by atoms with Crippen molar-refractivity contribution >= 4 is 5.69 Å². The molecule has 0 bridgehead atoms. The zero-order valence-electron chi connectivity index (χ0n) is 13.1. The number of nitrogens with one attached hydrogen (secondary N) is 1. The van der Waals surface area contributed by atoms with Crippen LogP contribution >= 0.6 is 0 Å².